The van der Waals surface area contributed by atoms with Crippen LogP contribution in [0.4, 0.5) is 11.4 Å². The molecule has 1 aromatic rings. The highest BCUT2D eigenvalue weighted by Crippen LogP contribution is 2.29. The van der Waals surface area contributed by atoms with Crippen LogP contribution >= 0.6 is 0 Å². The molecular weight excluding hydrogens is 222 g/mol. The average molecular weight is 245 g/mol. The number of nitrogens with one attached hydrogen (secondary N) is 1. The van der Waals surface area contributed by atoms with Crippen LogP contribution in [0.25, 0.3) is 0 Å². The Bertz CT molecular complexity index is 399. The highest BCUT2D eigenvalue weighted by atomic mass is 15.2. The van der Waals surface area contributed by atoms with Gasteiger partial charge in [-0.1, -0.05) is 0 Å². The van der Waals surface area contributed by atoms with Gasteiger partial charge in [0.05, 0.1) is 0 Å². The molecule has 3 rings (SSSR count). The Hall–Kier alpha value is -1.22. The van der Waals surface area contributed by atoms with Crippen LogP contribution in [0.15, 0.2) is 24.3 Å². The first-order chi connectivity index (χ1) is 8.74. The van der Waals surface area contributed by atoms with Gasteiger partial charge in [-0.3, -0.25) is 0 Å². The van der Waals surface area contributed by atoms with Gasteiger partial charge in [0.2, 0.25) is 0 Å². The Balaban J connectivity index is 1.71. The first kappa shape index (κ1) is 11.8. The summed E-state index contributed by atoms with van der Waals surface area (Å²) in [7, 11) is 4.18. The zero-order valence-corrected chi connectivity index (χ0v) is 11.4. The van der Waals surface area contributed by atoms with Gasteiger partial charge in [-0.25, -0.2) is 0 Å². The molecule has 2 fully saturated rings. The van der Waals surface area contributed by atoms with Crippen molar-refractivity contribution in [2.24, 2.45) is 5.92 Å². The summed E-state index contributed by atoms with van der Waals surface area (Å²) in [6.07, 6.45) is 2.64. The topological polar surface area (TPSA) is 18.5 Å². The molecule has 0 aromatic heterocycles. The van der Waals surface area contributed by atoms with Gasteiger partial charge in [0.25, 0.3) is 0 Å². The molecule has 0 bridgehead atoms. The van der Waals surface area contributed by atoms with Crippen molar-refractivity contribution in [3.8, 4) is 0 Å². The minimum Gasteiger partial charge on any atom is -0.378 e. The molecule has 3 nitrogen and oxygen atoms in total. The molecule has 1 aromatic carbocycles. The van der Waals surface area contributed by atoms with Crippen LogP contribution in [-0.4, -0.2) is 39.8 Å². The van der Waals surface area contributed by atoms with Crippen LogP contribution in [0.2, 0.25) is 0 Å². The number of hydrogen-bond acceptors (Lipinski definition) is 3. The van der Waals surface area contributed by atoms with E-state index >= 15 is 0 Å². The largest absolute Gasteiger partial charge is 0.378 e. The third kappa shape index (κ3) is 2.19. The lowest BCUT2D eigenvalue weighted by Gasteiger charge is -2.36. The zero-order chi connectivity index (χ0) is 12.5. The molecule has 1 N–H and O–H groups in total. The first-order valence-corrected chi connectivity index (χ1v) is 7.00. The number of rotatable bonds is 2. The van der Waals surface area contributed by atoms with Crippen molar-refractivity contribution in [1.29, 1.82) is 0 Å². The minimum atomic E-state index is 0.780. The second-order valence-corrected chi connectivity index (χ2v) is 5.75. The highest BCUT2D eigenvalue weighted by Gasteiger charge is 2.32. The summed E-state index contributed by atoms with van der Waals surface area (Å²) in [6.45, 7) is 3.62. The van der Waals surface area contributed by atoms with Gasteiger partial charge in [0.1, 0.15) is 0 Å². The van der Waals surface area contributed by atoms with Crippen LogP contribution in [0, 0.1) is 5.92 Å². The Kier molecular flexibility index (Phi) is 3.16. The third-order valence-electron chi connectivity index (χ3n) is 4.39. The van der Waals surface area contributed by atoms with E-state index in [1.54, 1.807) is 0 Å². The lowest BCUT2D eigenvalue weighted by molar-refractivity contribution is 0.376. The number of hydrogen-bond donors (Lipinski definition) is 1. The number of fused-ring (bicyclic) bond motifs is 1. The molecular formula is C15H23N3. The Morgan fingerprint density at radius 3 is 2.67 bits per heavy atom. The zero-order valence-electron chi connectivity index (χ0n) is 11.4. The summed E-state index contributed by atoms with van der Waals surface area (Å²) < 4.78 is 0. The second kappa shape index (κ2) is 4.81. The first-order valence-electron chi connectivity index (χ1n) is 7.00. The van der Waals surface area contributed by atoms with Gasteiger partial charge >= 0.3 is 0 Å². The van der Waals surface area contributed by atoms with Crippen molar-refractivity contribution in [3.05, 3.63) is 24.3 Å². The van der Waals surface area contributed by atoms with Crippen LogP contribution < -0.4 is 15.1 Å². The normalized spacial score (nSPS) is 27.1. The van der Waals surface area contributed by atoms with E-state index < -0.39 is 0 Å². The van der Waals surface area contributed by atoms with Crippen LogP contribution in [-0.2, 0) is 0 Å². The summed E-state index contributed by atoms with van der Waals surface area (Å²) in [5.41, 5.74) is 2.65. The average Bonchev–Trinajstić information content (AvgIpc) is 2.86. The molecule has 2 atom stereocenters. The summed E-state index contributed by atoms with van der Waals surface area (Å²) in [5, 5.41) is 3.62. The fourth-order valence-electron chi connectivity index (χ4n) is 3.24. The molecule has 0 spiro atoms. The van der Waals surface area contributed by atoms with Gasteiger partial charge < -0.3 is 15.1 Å². The molecule has 98 valence electrons. The molecule has 18 heavy (non-hydrogen) atoms. The van der Waals surface area contributed by atoms with Gasteiger partial charge in [-0.05, 0) is 49.6 Å². The Morgan fingerprint density at radius 2 is 1.94 bits per heavy atom. The van der Waals surface area contributed by atoms with Crippen molar-refractivity contribution in [2.45, 2.75) is 18.9 Å². The van der Waals surface area contributed by atoms with E-state index in [9.17, 15) is 0 Å². The maximum Gasteiger partial charge on any atom is 0.0367 e. The van der Waals surface area contributed by atoms with Gasteiger partial charge in [0.15, 0.2) is 0 Å². The number of piperidine rings is 1. The van der Waals surface area contributed by atoms with Crippen LogP contribution in [0.1, 0.15) is 12.8 Å². The Morgan fingerprint density at radius 1 is 1.17 bits per heavy atom. The highest BCUT2D eigenvalue weighted by molar-refractivity contribution is 5.56. The van der Waals surface area contributed by atoms with Crippen molar-refractivity contribution in [1.82, 2.24) is 5.32 Å². The van der Waals surface area contributed by atoms with Crippen LogP contribution in [0.3, 0.4) is 0 Å². The van der Waals surface area contributed by atoms with Crippen molar-refractivity contribution in [2.75, 3.05) is 43.5 Å². The van der Waals surface area contributed by atoms with Crippen molar-refractivity contribution >= 4 is 11.4 Å². The molecule has 3 heteroatoms. The maximum absolute atomic E-state index is 3.62. The fraction of sp³-hybridized carbons (Fsp3) is 0.600. The van der Waals surface area contributed by atoms with Gasteiger partial charge in [0, 0.05) is 44.6 Å². The molecule has 0 saturated carbocycles. The fourth-order valence-corrected chi connectivity index (χ4v) is 3.24. The SMILES string of the molecule is CN(C)c1ccc(N2CCC3NCCC3C2)cc1. The van der Waals surface area contributed by atoms with Gasteiger partial charge in [-0.15, -0.1) is 0 Å². The molecule has 2 saturated heterocycles. The summed E-state index contributed by atoms with van der Waals surface area (Å²) in [6, 6.07) is 9.74. The second-order valence-electron chi connectivity index (χ2n) is 5.75. The van der Waals surface area contributed by atoms with E-state index in [1.807, 2.05) is 0 Å². The van der Waals surface area contributed by atoms with E-state index in [2.05, 4.69) is 53.5 Å². The monoisotopic (exact) mass is 245 g/mol. The van der Waals surface area contributed by atoms with Gasteiger partial charge in [-0.2, -0.15) is 0 Å². The molecule has 2 aliphatic rings. The quantitative estimate of drug-likeness (QED) is 0.859. The molecule has 2 aliphatic heterocycles. The molecule has 2 heterocycles. The molecule has 0 radical (unpaired) electrons. The van der Waals surface area contributed by atoms with Crippen molar-refractivity contribution < 1.29 is 0 Å². The molecule has 0 aliphatic carbocycles. The predicted molar refractivity (Wildman–Crippen MR) is 77.5 cm³/mol. The smallest absolute Gasteiger partial charge is 0.0367 e. The maximum atomic E-state index is 3.62. The molecule has 2 unspecified atom stereocenters. The number of nitrogens with zero attached hydrogens (tertiary/aromatic N) is 2. The lowest BCUT2D eigenvalue weighted by atomic mass is 9.93. The third-order valence-corrected chi connectivity index (χ3v) is 4.39. The number of anilines is 2. The summed E-state index contributed by atoms with van der Waals surface area (Å²) in [5.74, 6) is 0.854. The van der Waals surface area contributed by atoms with E-state index in [-0.39, 0.29) is 0 Å². The minimum absolute atomic E-state index is 0.780. The standard InChI is InChI=1S/C15H23N3/c1-17(2)13-3-5-14(6-4-13)18-10-8-15-12(11-18)7-9-16-15/h3-6,12,15-16H,7-11H2,1-2H3. The molecule has 0 amide bonds. The van der Waals surface area contributed by atoms with Crippen LogP contribution in [0.5, 0.6) is 0 Å². The predicted octanol–water partition coefficient (Wildman–Crippen LogP) is 1.94. The van der Waals surface area contributed by atoms with Crippen molar-refractivity contribution in [3.63, 3.8) is 0 Å². The number of benzene rings is 1. The summed E-state index contributed by atoms with van der Waals surface area (Å²) in [4.78, 5) is 4.70. The Labute approximate surface area is 110 Å². The van der Waals surface area contributed by atoms with E-state index in [0.29, 0.717) is 0 Å². The summed E-state index contributed by atoms with van der Waals surface area (Å²) >= 11 is 0. The lowest BCUT2D eigenvalue weighted by Crippen LogP contribution is -2.44. The van der Waals surface area contributed by atoms with E-state index in [4.69, 9.17) is 0 Å². The van der Waals surface area contributed by atoms with E-state index in [0.717, 1.165) is 12.0 Å². The van der Waals surface area contributed by atoms with E-state index in [1.165, 1.54) is 43.9 Å².